The number of thioether (sulfide) groups is 1. The molecule has 5 aromatic carbocycles. The molecule has 0 saturated carbocycles. The zero-order valence-corrected chi connectivity index (χ0v) is 75.4. The number of aromatic nitrogens is 1. The minimum absolute atomic E-state index is 0.0170. The molecule has 4 aliphatic rings. The molecule has 0 radical (unpaired) electrons. The van der Waals surface area contributed by atoms with Gasteiger partial charge in [-0.15, -0.1) is 11.8 Å². The number of phenolic OH excluding ortho intramolecular Hbond substituents is 1. The number of primary amides is 1. The van der Waals surface area contributed by atoms with Crippen LogP contribution in [0.3, 0.4) is 0 Å². The Morgan fingerprint density at radius 2 is 1.11 bits per heavy atom. The molecule has 0 aliphatic carbocycles. The van der Waals surface area contributed by atoms with Crippen molar-refractivity contribution in [3.8, 4) is 5.75 Å². The number of carboxylic acid groups (broad SMARTS) is 1. The van der Waals surface area contributed by atoms with Gasteiger partial charge in [0.15, 0.2) is 0 Å². The Labute approximate surface area is 759 Å². The Bertz CT molecular complexity index is 4980. The lowest BCUT2D eigenvalue weighted by atomic mass is 9.98. The van der Waals surface area contributed by atoms with Gasteiger partial charge in [0.1, 0.15) is 90.4 Å². The van der Waals surface area contributed by atoms with Gasteiger partial charge >= 0.3 is 5.97 Å². The smallest absolute Gasteiger partial charge is 0.305 e. The SMILES string of the molecule is CCCC[C@H]1C(=O)N2CCC[C@@H]2C(=O)N[C@@H](CC(=O)O)C(=O)N[C@@H](C(C)C)C(=O)N(C)C(Cc2ccccc2)C(=O)N[C@@H](CCN)C2OC2N2CCCC2C(=O)N[C@@H](Cc2c[nH]c3ccccc23)C(=O)N[C@@H](Cc2ccc(O)cc2)C(=O)N[C@@H](CC(C)C)C(=O)N[C@H](C(=O)NCC(N)=O)CSCC(=O)N[C@@H](Cc2ccc(F)cc2)C(=O)N(C)C(Cc2ccccc2)C(=O)N1C. The number of benzene rings is 5. The van der Waals surface area contributed by atoms with Crippen LogP contribution >= 0.6 is 11.8 Å². The summed E-state index contributed by atoms with van der Waals surface area (Å²) in [5, 5.41) is 46.3. The number of fused-ring (bicyclic) bond motifs is 5. The molecule has 130 heavy (non-hydrogen) atoms. The quantitative estimate of drug-likeness (QED) is 0.0409. The van der Waals surface area contributed by atoms with Crippen LogP contribution in [0.4, 0.5) is 4.39 Å². The number of hydrogen-bond acceptors (Lipinski definition) is 20. The summed E-state index contributed by atoms with van der Waals surface area (Å²) >= 11 is 0.811. The van der Waals surface area contributed by atoms with Crippen molar-refractivity contribution in [3.63, 3.8) is 0 Å². The number of nitrogens with zero attached hydrogens (tertiary/aromatic N) is 5. The molecule has 37 heteroatoms. The molecule has 5 heterocycles. The van der Waals surface area contributed by atoms with E-state index >= 15 is 43.2 Å². The Morgan fingerprint density at radius 1 is 0.562 bits per heavy atom. The molecule has 15 atom stereocenters. The summed E-state index contributed by atoms with van der Waals surface area (Å²) in [4.78, 5) is 232. The summed E-state index contributed by atoms with van der Waals surface area (Å²) < 4.78 is 21.0. The predicted molar refractivity (Wildman–Crippen MR) is 482 cm³/mol. The molecule has 0 bridgehead atoms. The van der Waals surface area contributed by atoms with Crippen molar-refractivity contribution < 1.29 is 91.3 Å². The Balaban J connectivity index is 1.02. The van der Waals surface area contributed by atoms with Gasteiger partial charge in [0, 0.05) is 89.2 Å². The lowest BCUT2D eigenvalue weighted by Gasteiger charge is -2.38. The van der Waals surface area contributed by atoms with E-state index in [-0.39, 0.29) is 95.4 Å². The average molecular weight is 1820 g/mol. The molecule has 4 saturated heterocycles. The van der Waals surface area contributed by atoms with Gasteiger partial charge in [0.25, 0.3) is 0 Å². The fraction of sp³-hybridized carbons (Fsp3) is 0.495. The van der Waals surface area contributed by atoms with E-state index in [1.54, 1.807) is 101 Å². The first-order chi connectivity index (χ1) is 62.1. The highest BCUT2D eigenvalue weighted by atomic mass is 32.2. The number of hydrogen-bond donors (Lipinski definition) is 14. The van der Waals surface area contributed by atoms with Gasteiger partial charge < -0.3 is 98.9 Å². The number of ether oxygens (including phenoxy) is 1. The maximum Gasteiger partial charge on any atom is 0.305 e. The second-order valence-corrected chi connectivity index (χ2v) is 35.6. The van der Waals surface area contributed by atoms with E-state index in [0.717, 1.165) is 34.2 Å². The number of amides is 14. The van der Waals surface area contributed by atoms with E-state index in [4.69, 9.17) is 16.2 Å². The Hall–Kier alpha value is -12.4. The van der Waals surface area contributed by atoms with E-state index in [1.807, 2.05) is 30.0 Å². The number of phenols is 1. The van der Waals surface area contributed by atoms with E-state index in [9.17, 15) is 43.4 Å². The number of carbonyl (C=O) groups is 15. The van der Waals surface area contributed by atoms with E-state index in [2.05, 4.69) is 52.8 Å². The molecule has 4 aliphatic heterocycles. The van der Waals surface area contributed by atoms with Crippen molar-refractivity contribution in [2.45, 2.75) is 222 Å². The molecule has 700 valence electrons. The van der Waals surface area contributed by atoms with Crippen molar-refractivity contribution in [1.29, 1.82) is 0 Å². The van der Waals surface area contributed by atoms with Crippen molar-refractivity contribution >= 4 is 111 Å². The fourth-order valence-corrected chi connectivity index (χ4v) is 17.7. The number of nitrogens with one attached hydrogen (secondary N) is 10. The van der Waals surface area contributed by atoms with Crippen LogP contribution in [-0.4, -0.2) is 278 Å². The minimum atomic E-state index is -1.85. The number of para-hydroxylation sites is 1. The number of rotatable bonds is 23. The summed E-state index contributed by atoms with van der Waals surface area (Å²) in [6, 6.07) is 17.7. The van der Waals surface area contributed by atoms with Gasteiger partial charge in [-0.25, -0.2) is 4.39 Å². The molecule has 35 nitrogen and oxygen atoms in total. The highest BCUT2D eigenvalue weighted by Gasteiger charge is 2.54. The van der Waals surface area contributed by atoms with Crippen LogP contribution in [-0.2, 0) is 109 Å². The number of halogens is 1. The molecule has 1 aromatic heterocycles. The summed E-state index contributed by atoms with van der Waals surface area (Å²) in [7, 11) is 4.12. The number of aromatic amines is 1. The zero-order chi connectivity index (χ0) is 94.2. The van der Waals surface area contributed by atoms with Crippen LogP contribution in [0.1, 0.15) is 127 Å². The number of aliphatic carboxylic acids is 1. The predicted octanol–water partition coefficient (Wildman–Crippen LogP) is 2.13. The molecule has 4 fully saturated rings. The van der Waals surface area contributed by atoms with Crippen LogP contribution in [0, 0.1) is 17.7 Å². The number of epoxide rings is 1. The highest BCUT2D eigenvalue weighted by Crippen LogP contribution is 2.37. The Morgan fingerprint density at radius 3 is 1.74 bits per heavy atom. The van der Waals surface area contributed by atoms with Gasteiger partial charge in [0.05, 0.1) is 30.8 Å². The summed E-state index contributed by atoms with van der Waals surface area (Å²) in [6.07, 6.45) is 0.325. The minimum Gasteiger partial charge on any atom is -0.508 e. The van der Waals surface area contributed by atoms with Crippen molar-refractivity contribution in [2.24, 2.45) is 23.3 Å². The molecular formula is C93H122FN17O18S. The molecule has 5 unspecified atom stereocenters. The normalized spacial score (nSPS) is 25.5. The largest absolute Gasteiger partial charge is 0.508 e. The number of aromatic hydroxyl groups is 1. The van der Waals surface area contributed by atoms with Crippen LogP contribution in [0.15, 0.2) is 140 Å². The van der Waals surface area contributed by atoms with Crippen molar-refractivity contribution in [3.05, 3.63) is 173 Å². The van der Waals surface area contributed by atoms with E-state index in [0.29, 0.717) is 59.1 Å². The lowest BCUT2D eigenvalue weighted by molar-refractivity contribution is -0.152. The molecule has 0 spiro atoms. The van der Waals surface area contributed by atoms with Crippen molar-refractivity contribution in [2.75, 3.05) is 58.8 Å². The fourth-order valence-electron chi connectivity index (χ4n) is 16.9. The van der Waals surface area contributed by atoms with Crippen molar-refractivity contribution in [1.82, 2.24) is 77.3 Å². The maximum absolute atomic E-state index is 15.7. The first-order valence-electron chi connectivity index (χ1n) is 44.3. The summed E-state index contributed by atoms with van der Waals surface area (Å²) in [6.45, 7) is 8.29. The third-order valence-corrected chi connectivity index (χ3v) is 25.1. The number of H-pyrrole nitrogens is 1. The summed E-state index contributed by atoms with van der Waals surface area (Å²) in [5.41, 5.74) is 15.1. The van der Waals surface area contributed by atoms with Gasteiger partial charge in [-0.05, 0) is 121 Å². The standard InChI is InChI=1S/C93H122FN17O18S/c1-9-10-27-73-91(127)110-40-19-28-71(110)86(122)104-68(48-78(115)116)85(121)106-79(54(4)5)92(128)108(7)74(45-55-21-13-11-14-22-55)88(124)100-64(38-39-95)80-93(129-80)111-41-20-29-72(111)87(123)103-67(47-59-49-97-63-26-18-17-25-62(59)63)84(120)102-66(43-58-32-36-61(112)37-33-58)83(119)101-65(42-53(2)3)82(118)105-70(81(117)98-50-76(96)113)51-130-52-77(114)99-69(44-57-30-34-60(94)35-31-57)89(125)109(8)75(90(126)107(73)6)46-56-23-15-12-16-24-56/h11-18,21-26,30-37,49,53-54,64-75,79-80,93,97,112H,9-10,19-20,27-29,38-48,50-52,95H2,1-8H3,(H2,96,113)(H,98,117)(H,99,114)(H,100,124)(H,101,119)(H,102,120)(H,103,123)(H,104,122)(H,105,118)(H,106,121)(H,115,116)/t64-,65-,66-,67-,68-,69-,70-,71+,72?,73-,74?,75?,79-,80?,93?/m0/s1. The highest BCUT2D eigenvalue weighted by molar-refractivity contribution is 8.00. The number of carboxylic acids is 1. The van der Waals surface area contributed by atoms with Gasteiger partial charge in [-0.3, -0.25) is 76.8 Å². The van der Waals surface area contributed by atoms with Gasteiger partial charge in [-0.1, -0.05) is 151 Å². The van der Waals surface area contributed by atoms with Gasteiger partial charge in [0.2, 0.25) is 82.7 Å². The third kappa shape index (κ3) is 27.4. The van der Waals surface area contributed by atoms with Crippen LogP contribution in [0.5, 0.6) is 5.75 Å². The second-order valence-electron chi connectivity index (χ2n) is 34.5. The molecule has 6 aromatic rings. The maximum atomic E-state index is 15.7. The number of unbranched alkanes of at least 4 members (excludes halogenated alkanes) is 1. The topological polar surface area (TPSA) is 501 Å². The zero-order valence-electron chi connectivity index (χ0n) is 74.5. The molecular weight excluding hydrogens is 1690 g/mol. The Kier molecular flexibility index (Phi) is 36.3. The molecule has 16 N–H and O–H groups in total. The van der Waals surface area contributed by atoms with Crippen LogP contribution < -0.4 is 59.3 Å². The second kappa shape index (κ2) is 47.3. The number of likely N-dealkylation sites (N-methyl/N-ethyl adjacent to an activating group) is 3. The average Bonchev–Trinajstić information content (AvgIpc) is 1.61. The molecule has 14 amide bonds. The first-order valence-corrected chi connectivity index (χ1v) is 45.4. The monoisotopic (exact) mass is 1820 g/mol. The van der Waals surface area contributed by atoms with Gasteiger partial charge in [-0.2, -0.15) is 0 Å². The molecule has 10 rings (SSSR count). The summed E-state index contributed by atoms with van der Waals surface area (Å²) in [5.74, 6) is -15.8. The number of nitrogens with two attached hydrogens (primary N) is 2. The van der Waals surface area contributed by atoms with E-state index < -0.39 is 216 Å². The third-order valence-electron chi connectivity index (χ3n) is 24.1. The van der Waals surface area contributed by atoms with E-state index in [1.165, 1.54) is 72.2 Å². The van der Waals surface area contributed by atoms with Crippen LogP contribution in [0.2, 0.25) is 0 Å². The van der Waals surface area contributed by atoms with Crippen LogP contribution in [0.25, 0.3) is 10.9 Å². The lowest BCUT2D eigenvalue weighted by Crippen LogP contribution is -2.61. The number of carbonyl (C=O) groups excluding carboxylic acids is 14. The first kappa shape index (κ1) is 99.8.